The fraction of sp³-hybridized carbons (Fsp3) is 0.333. The highest BCUT2D eigenvalue weighted by Crippen LogP contribution is 2.34. The Balaban J connectivity index is 2.19. The lowest BCUT2D eigenvalue weighted by molar-refractivity contribution is -0.384. The van der Waals surface area contributed by atoms with E-state index in [4.69, 9.17) is 27.9 Å². The first-order valence-electron chi connectivity index (χ1n) is 13.4. The summed E-state index contributed by atoms with van der Waals surface area (Å²) >= 11 is 13.0. The summed E-state index contributed by atoms with van der Waals surface area (Å²) in [6.45, 7) is 4.33. The normalized spacial score (nSPS) is 12.2. The molecule has 1 unspecified atom stereocenters. The van der Waals surface area contributed by atoms with Crippen molar-refractivity contribution in [3.8, 4) is 5.75 Å². The van der Waals surface area contributed by atoms with Gasteiger partial charge in [-0.25, -0.2) is 8.42 Å². The molecular formula is C30H34Cl2N4O7S. The van der Waals surface area contributed by atoms with Crippen molar-refractivity contribution >= 4 is 56.4 Å². The number of ether oxygens (including phenoxy) is 1. The number of halogens is 2. The molecule has 2 amide bonds. The number of nitrogens with zero attached hydrogens (tertiary/aromatic N) is 3. The number of rotatable bonds is 12. The Morgan fingerprint density at radius 3 is 2.16 bits per heavy atom. The molecule has 0 heterocycles. The SMILES string of the molecule is COc1ccc([N+](=O)[O-])cc1N(CC(=O)N(Cc1c(Cl)cccc1Cl)C(Cc1ccccc1)C(=O)NC(C)(C)C)S(C)(=O)=O. The first kappa shape index (κ1) is 34.6. The minimum Gasteiger partial charge on any atom is -0.495 e. The average Bonchev–Trinajstić information content (AvgIpc) is 2.93. The summed E-state index contributed by atoms with van der Waals surface area (Å²) in [5.74, 6) is -1.29. The van der Waals surface area contributed by atoms with Gasteiger partial charge in [0.1, 0.15) is 24.0 Å². The molecule has 0 spiro atoms. The minimum absolute atomic E-state index is 0.0131. The van der Waals surface area contributed by atoms with Crippen LogP contribution in [-0.4, -0.2) is 61.5 Å². The molecule has 0 bridgehead atoms. The molecule has 0 aliphatic carbocycles. The smallest absolute Gasteiger partial charge is 0.271 e. The predicted octanol–water partition coefficient (Wildman–Crippen LogP) is 5.23. The van der Waals surface area contributed by atoms with Crippen LogP contribution in [0.5, 0.6) is 5.75 Å². The standard InChI is InChI=1S/C30H34Cl2N4O7S/c1-30(2,3)33-29(38)26(16-20-10-7-6-8-11-20)34(18-22-23(31)12-9-13-24(22)32)28(37)19-35(44(5,41)42)25-17-21(36(39)40)14-15-27(25)43-4/h6-15,17,26H,16,18-19H2,1-5H3,(H,33,38). The van der Waals surface area contributed by atoms with E-state index in [1.54, 1.807) is 63.2 Å². The molecule has 11 nitrogen and oxygen atoms in total. The summed E-state index contributed by atoms with van der Waals surface area (Å²) in [6.07, 6.45) is 0.942. The second-order valence-electron chi connectivity index (χ2n) is 11.0. The number of non-ortho nitro benzene ring substituents is 1. The van der Waals surface area contributed by atoms with Gasteiger partial charge in [0, 0.05) is 46.2 Å². The van der Waals surface area contributed by atoms with E-state index in [1.807, 2.05) is 6.07 Å². The molecule has 1 atom stereocenters. The molecular weight excluding hydrogens is 631 g/mol. The fourth-order valence-corrected chi connectivity index (χ4v) is 5.80. The molecule has 0 aliphatic heterocycles. The molecule has 3 rings (SSSR count). The van der Waals surface area contributed by atoms with Gasteiger partial charge >= 0.3 is 0 Å². The van der Waals surface area contributed by atoms with E-state index in [0.717, 1.165) is 24.0 Å². The van der Waals surface area contributed by atoms with E-state index < -0.39 is 50.6 Å². The van der Waals surface area contributed by atoms with Crippen LogP contribution in [0.3, 0.4) is 0 Å². The van der Waals surface area contributed by atoms with Gasteiger partial charge in [0.15, 0.2) is 0 Å². The number of methoxy groups -OCH3 is 1. The van der Waals surface area contributed by atoms with Gasteiger partial charge in [-0.2, -0.15) is 0 Å². The summed E-state index contributed by atoms with van der Waals surface area (Å²) in [4.78, 5) is 40.2. The van der Waals surface area contributed by atoms with Crippen molar-refractivity contribution in [1.29, 1.82) is 0 Å². The third-order valence-electron chi connectivity index (χ3n) is 6.48. The third kappa shape index (κ3) is 9.07. The summed E-state index contributed by atoms with van der Waals surface area (Å²) in [5, 5.41) is 14.9. The molecule has 0 fully saturated rings. The van der Waals surface area contributed by atoms with Crippen LogP contribution in [-0.2, 0) is 32.6 Å². The molecule has 236 valence electrons. The summed E-state index contributed by atoms with van der Waals surface area (Å²) in [5.41, 5.74) is -0.201. The molecule has 44 heavy (non-hydrogen) atoms. The Bertz CT molecular complexity index is 1610. The highest BCUT2D eigenvalue weighted by atomic mass is 35.5. The predicted molar refractivity (Wildman–Crippen MR) is 171 cm³/mol. The largest absolute Gasteiger partial charge is 0.495 e. The maximum absolute atomic E-state index is 14.3. The number of nitro groups is 1. The monoisotopic (exact) mass is 664 g/mol. The van der Waals surface area contributed by atoms with Crippen LogP contribution in [0.4, 0.5) is 11.4 Å². The van der Waals surface area contributed by atoms with Crippen LogP contribution >= 0.6 is 23.2 Å². The molecule has 0 radical (unpaired) electrons. The highest BCUT2D eigenvalue weighted by Gasteiger charge is 2.36. The first-order valence-corrected chi connectivity index (χ1v) is 16.0. The van der Waals surface area contributed by atoms with E-state index in [2.05, 4.69) is 5.32 Å². The summed E-state index contributed by atoms with van der Waals surface area (Å²) < 4.78 is 32.2. The zero-order valence-corrected chi connectivity index (χ0v) is 27.2. The Morgan fingerprint density at radius 1 is 1.02 bits per heavy atom. The number of amides is 2. The second-order valence-corrected chi connectivity index (χ2v) is 13.8. The van der Waals surface area contributed by atoms with Crippen LogP contribution in [0.1, 0.15) is 31.9 Å². The molecule has 0 aromatic heterocycles. The number of sulfonamides is 1. The average molecular weight is 666 g/mol. The van der Waals surface area contributed by atoms with Crippen molar-refractivity contribution in [2.24, 2.45) is 0 Å². The number of benzene rings is 3. The number of hydrogen-bond donors (Lipinski definition) is 1. The van der Waals surface area contributed by atoms with Gasteiger partial charge in [0.2, 0.25) is 21.8 Å². The van der Waals surface area contributed by atoms with Gasteiger partial charge in [0.05, 0.1) is 18.3 Å². The number of anilines is 1. The van der Waals surface area contributed by atoms with Crippen molar-refractivity contribution in [1.82, 2.24) is 10.2 Å². The van der Waals surface area contributed by atoms with Gasteiger partial charge in [-0.1, -0.05) is 59.6 Å². The van der Waals surface area contributed by atoms with E-state index in [1.165, 1.54) is 18.1 Å². The number of hydrogen-bond acceptors (Lipinski definition) is 7. The summed E-state index contributed by atoms with van der Waals surface area (Å²) in [7, 11) is -2.94. The third-order valence-corrected chi connectivity index (χ3v) is 8.32. The first-order chi connectivity index (χ1) is 20.5. The van der Waals surface area contributed by atoms with Crippen molar-refractivity contribution < 1.29 is 27.7 Å². The summed E-state index contributed by atoms with van der Waals surface area (Å²) in [6, 6.07) is 16.1. The maximum atomic E-state index is 14.3. The number of carbonyl (C=O) groups excluding carboxylic acids is 2. The lowest BCUT2D eigenvalue weighted by Crippen LogP contribution is -2.56. The second kappa shape index (κ2) is 14.3. The number of nitro benzene ring substituents is 1. The zero-order valence-electron chi connectivity index (χ0n) is 24.9. The Labute approximate surface area is 266 Å². The Hall–Kier alpha value is -3.87. The molecule has 1 N–H and O–H groups in total. The van der Waals surface area contributed by atoms with E-state index in [0.29, 0.717) is 9.87 Å². The molecule has 14 heteroatoms. The van der Waals surface area contributed by atoms with Gasteiger partial charge in [-0.05, 0) is 44.5 Å². The number of nitrogens with one attached hydrogen (secondary N) is 1. The molecule has 3 aromatic rings. The van der Waals surface area contributed by atoms with E-state index in [9.17, 15) is 28.1 Å². The van der Waals surface area contributed by atoms with Gasteiger partial charge in [0.25, 0.3) is 5.69 Å². The van der Waals surface area contributed by atoms with Crippen LogP contribution in [0, 0.1) is 10.1 Å². The molecule has 3 aromatic carbocycles. The fourth-order valence-electron chi connectivity index (χ4n) is 4.44. The van der Waals surface area contributed by atoms with E-state index >= 15 is 0 Å². The van der Waals surface area contributed by atoms with Crippen molar-refractivity contribution in [2.75, 3.05) is 24.2 Å². The minimum atomic E-state index is -4.21. The van der Waals surface area contributed by atoms with Crippen molar-refractivity contribution in [3.05, 3.63) is 98.0 Å². The maximum Gasteiger partial charge on any atom is 0.271 e. The zero-order chi connectivity index (χ0) is 32.8. The highest BCUT2D eigenvalue weighted by molar-refractivity contribution is 7.92. The van der Waals surface area contributed by atoms with Crippen LogP contribution in [0.15, 0.2) is 66.7 Å². The lowest BCUT2D eigenvalue weighted by Gasteiger charge is -2.35. The van der Waals surface area contributed by atoms with Crippen molar-refractivity contribution in [2.45, 2.75) is 45.3 Å². The van der Waals surface area contributed by atoms with E-state index in [-0.39, 0.29) is 34.4 Å². The number of carbonyl (C=O) groups is 2. The molecule has 0 aliphatic rings. The van der Waals surface area contributed by atoms with Gasteiger partial charge < -0.3 is 15.0 Å². The van der Waals surface area contributed by atoms with Gasteiger partial charge in [-0.15, -0.1) is 0 Å². The van der Waals surface area contributed by atoms with Gasteiger partial charge in [-0.3, -0.25) is 24.0 Å². The van der Waals surface area contributed by atoms with Crippen molar-refractivity contribution in [3.63, 3.8) is 0 Å². The van der Waals surface area contributed by atoms with Crippen LogP contribution in [0.2, 0.25) is 10.0 Å². The Morgan fingerprint density at radius 2 is 1.64 bits per heavy atom. The topological polar surface area (TPSA) is 139 Å². The quantitative estimate of drug-likeness (QED) is 0.207. The van der Waals surface area contributed by atoms with Crippen LogP contribution < -0.4 is 14.4 Å². The Kier molecular flexibility index (Phi) is 11.2. The molecule has 0 saturated carbocycles. The lowest BCUT2D eigenvalue weighted by atomic mass is 10.0. The van der Waals surface area contributed by atoms with Crippen LogP contribution in [0.25, 0.3) is 0 Å². The molecule has 0 saturated heterocycles.